The lowest BCUT2D eigenvalue weighted by Gasteiger charge is -2.32. The highest BCUT2D eigenvalue weighted by Crippen LogP contribution is 2.38. The van der Waals surface area contributed by atoms with Gasteiger partial charge in [0.1, 0.15) is 5.82 Å². The molecule has 2 rings (SSSR count). The summed E-state index contributed by atoms with van der Waals surface area (Å²) in [5.41, 5.74) is 12.1. The minimum Gasteiger partial charge on any atom is -0.400 e. The summed E-state index contributed by atoms with van der Waals surface area (Å²) in [7, 11) is -0.564. The van der Waals surface area contributed by atoms with E-state index in [1.165, 1.54) is 6.07 Å². The van der Waals surface area contributed by atoms with Crippen molar-refractivity contribution in [1.82, 2.24) is 4.98 Å². The first-order chi connectivity index (χ1) is 9.66. The minimum atomic E-state index is -0.564. The molecule has 21 heavy (non-hydrogen) atoms. The molecule has 0 saturated carbocycles. The molecular weight excluding hydrogens is 272 g/mol. The van der Waals surface area contributed by atoms with Crippen LogP contribution in [-0.4, -0.2) is 29.8 Å². The molecule has 1 aromatic rings. The van der Waals surface area contributed by atoms with Crippen LogP contribution in [-0.2, 0) is 9.31 Å². The maximum atomic E-state index is 13.0. The third-order valence-electron chi connectivity index (χ3n) is 4.03. The summed E-state index contributed by atoms with van der Waals surface area (Å²) in [6.07, 6.45) is 2.80. The first kappa shape index (κ1) is 15.9. The van der Waals surface area contributed by atoms with Gasteiger partial charge in [0.25, 0.3) is 0 Å². The Morgan fingerprint density at radius 2 is 1.90 bits per heavy atom. The van der Waals surface area contributed by atoms with Crippen molar-refractivity contribution in [3.8, 4) is 0 Å². The molecular formula is C14H21BFN3O2. The number of rotatable bonds is 3. The number of nitrogens with zero attached hydrogens (tertiary/aromatic N) is 1. The van der Waals surface area contributed by atoms with Crippen LogP contribution in [0.5, 0.6) is 0 Å². The van der Waals surface area contributed by atoms with Crippen molar-refractivity contribution < 1.29 is 13.7 Å². The van der Waals surface area contributed by atoms with E-state index in [0.29, 0.717) is 11.2 Å². The predicted octanol–water partition coefficient (Wildman–Crippen LogP) is 1.78. The van der Waals surface area contributed by atoms with E-state index in [9.17, 15) is 4.39 Å². The molecule has 1 saturated heterocycles. The number of anilines is 1. The van der Waals surface area contributed by atoms with E-state index in [0.717, 1.165) is 6.20 Å². The Bertz CT molecular complexity index is 559. The molecule has 114 valence electrons. The number of aromatic nitrogens is 1. The number of nitrogens with two attached hydrogens (primary N) is 2. The van der Waals surface area contributed by atoms with Crippen LogP contribution in [0.4, 0.5) is 10.1 Å². The summed E-state index contributed by atoms with van der Waals surface area (Å²) in [5, 5.41) is 0. The molecule has 1 aliphatic rings. The van der Waals surface area contributed by atoms with E-state index in [4.69, 9.17) is 20.8 Å². The van der Waals surface area contributed by atoms with E-state index in [2.05, 4.69) is 4.98 Å². The monoisotopic (exact) mass is 293 g/mol. The average Bonchev–Trinajstić information content (AvgIpc) is 2.57. The van der Waals surface area contributed by atoms with Crippen LogP contribution in [0.25, 0.3) is 6.08 Å². The van der Waals surface area contributed by atoms with Gasteiger partial charge in [-0.05, 0) is 39.2 Å². The number of hydrogen-bond donors (Lipinski definition) is 2. The van der Waals surface area contributed by atoms with Crippen molar-refractivity contribution in [2.75, 3.05) is 12.3 Å². The first-order valence-electron chi connectivity index (χ1n) is 6.83. The predicted molar refractivity (Wildman–Crippen MR) is 81.7 cm³/mol. The summed E-state index contributed by atoms with van der Waals surface area (Å²) in [4.78, 5) is 3.97. The van der Waals surface area contributed by atoms with Crippen molar-refractivity contribution in [1.29, 1.82) is 0 Å². The van der Waals surface area contributed by atoms with Gasteiger partial charge in [-0.25, -0.2) is 4.39 Å². The fourth-order valence-electron chi connectivity index (χ4n) is 1.98. The van der Waals surface area contributed by atoms with Crippen LogP contribution in [0.2, 0.25) is 0 Å². The van der Waals surface area contributed by atoms with Crippen LogP contribution < -0.4 is 11.5 Å². The lowest BCUT2D eigenvalue weighted by atomic mass is 9.77. The normalized spacial score (nSPS) is 20.9. The molecule has 0 amide bonds. The Morgan fingerprint density at radius 3 is 2.38 bits per heavy atom. The zero-order valence-corrected chi connectivity index (χ0v) is 12.8. The lowest BCUT2D eigenvalue weighted by molar-refractivity contribution is 0.00578. The fraction of sp³-hybridized carbons (Fsp3) is 0.500. The second-order valence-electron chi connectivity index (χ2n) is 6.14. The van der Waals surface area contributed by atoms with E-state index in [-0.39, 0.29) is 12.2 Å². The van der Waals surface area contributed by atoms with Crippen molar-refractivity contribution in [2.24, 2.45) is 5.73 Å². The minimum absolute atomic E-state index is 0.231. The summed E-state index contributed by atoms with van der Waals surface area (Å²) in [6.45, 7) is 8.09. The Balaban J connectivity index is 2.31. The molecule has 2 heterocycles. The van der Waals surface area contributed by atoms with Crippen LogP contribution in [0, 0.1) is 5.82 Å². The Morgan fingerprint density at radius 1 is 1.33 bits per heavy atom. The summed E-state index contributed by atoms with van der Waals surface area (Å²) in [6, 6.07) is 1.22. The quantitative estimate of drug-likeness (QED) is 0.830. The molecule has 5 nitrogen and oxygen atoms in total. The zero-order valence-electron chi connectivity index (χ0n) is 12.8. The van der Waals surface area contributed by atoms with Gasteiger partial charge in [-0.3, -0.25) is 4.98 Å². The van der Waals surface area contributed by atoms with Crippen LogP contribution in [0.3, 0.4) is 0 Å². The summed E-state index contributed by atoms with van der Waals surface area (Å²) in [5.74, 6) is -0.477. The average molecular weight is 293 g/mol. The molecule has 0 spiro atoms. The van der Waals surface area contributed by atoms with E-state index >= 15 is 0 Å². The van der Waals surface area contributed by atoms with Gasteiger partial charge < -0.3 is 20.8 Å². The highest BCUT2D eigenvalue weighted by atomic mass is 19.1. The Labute approximate surface area is 124 Å². The molecule has 7 heteroatoms. The second-order valence-corrected chi connectivity index (χ2v) is 6.14. The van der Waals surface area contributed by atoms with Crippen molar-refractivity contribution >= 4 is 18.9 Å². The van der Waals surface area contributed by atoms with Gasteiger partial charge >= 0.3 is 7.12 Å². The van der Waals surface area contributed by atoms with Crippen molar-refractivity contribution in [3.05, 3.63) is 29.2 Å². The molecule has 1 aromatic heterocycles. The molecule has 0 atom stereocenters. The smallest absolute Gasteiger partial charge is 0.400 e. The molecule has 1 aliphatic heterocycles. The van der Waals surface area contributed by atoms with Gasteiger partial charge in [0, 0.05) is 12.6 Å². The standard InChI is InChI=1S/C14H21BFN3O2/c1-13(2)14(3,4)21-15(20-13)9(7-17)5-12-11(18)6-10(16)8-19-12/h5-6,8H,7,17-18H2,1-4H3. The molecule has 4 N–H and O–H groups in total. The number of nitrogen functional groups attached to an aromatic ring is 1. The number of pyridine rings is 1. The Kier molecular flexibility index (Phi) is 4.10. The third kappa shape index (κ3) is 3.10. The van der Waals surface area contributed by atoms with Gasteiger partial charge in [-0.1, -0.05) is 0 Å². The highest BCUT2D eigenvalue weighted by molar-refractivity contribution is 6.55. The summed E-state index contributed by atoms with van der Waals surface area (Å²) >= 11 is 0. The molecule has 0 bridgehead atoms. The van der Waals surface area contributed by atoms with Crippen LogP contribution in [0.15, 0.2) is 17.7 Å². The van der Waals surface area contributed by atoms with E-state index in [1.807, 2.05) is 27.7 Å². The highest BCUT2D eigenvalue weighted by Gasteiger charge is 2.52. The maximum absolute atomic E-state index is 13.0. The van der Waals surface area contributed by atoms with E-state index in [1.54, 1.807) is 6.08 Å². The maximum Gasteiger partial charge on any atom is 0.491 e. The lowest BCUT2D eigenvalue weighted by Crippen LogP contribution is -2.41. The summed E-state index contributed by atoms with van der Waals surface area (Å²) < 4.78 is 24.9. The molecule has 0 aromatic carbocycles. The number of halogens is 1. The topological polar surface area (TPSA) is 83.4 Å². The van der Waals surface area contributed by atoms with Crippen molar-refractivity contribution in [3.63, 3.8) is 0 Å². The van der Waals surface area contributed by atoms with E-state index < -0.39 is 24.1 Å². The molecule has 0 aliphatic carbocycles. The SMILES string of the molecule is CC1(C)OB(C(=Cc2ncc(F)cc2N)CN)OC1(C)C. The zero-order chi connectivity index (χ0) is 15.8. The van der Waals surface area contributed by atoms with Gasteiger partial charge in [-0.15, -0.1) is 0 Å². The fourth-order valence-corrected chi connectivity index (χ4v) is 1.98. The van der Waals surface area contributed by atoms with Crippen LogP contribution >= 0.6 is 0 Å². The molecule has 0 unspecified atom stereocenters. The molecule has 0 radical (unpaired) electrons. The third-order valence-corrected chi connectivity index (χ3v) is 4.03. The molecule has 1 fully saturated rings. The largest absolute Gasteiger partial charge is 0.491 e. The van der Waals surface area contributed by atoms with Gasteiger partial charge in [0.15, 0.2) is 0 Å². The van der Waals surface area contributed by atoms with Gasteiger partial charge in [0.2, 0.25) is 0 Å². The second kappa shape index (κ2) is 5.40. The van der Waals surface area contributed by atoms with Gasteiger partial charge in [-0.2, -0.15) is 0 Å². The van der Waals surface area contributed by atoms with Crippen molar-refractivity contribution in [2.45, 2.75) is 38.9 Å². The van der Waals surface area contributed by atoms with Gasteiger partial charge in [0.05, 0.1) is 28.8 Å². The van der Waals surface area contributed by atoms with Crippen LogP contribution in [0.1, 0.15) is 33.4 Å². The Hall–Kier alpha value is -1.44. The number of hydrogen-bond acceptors (Lipinski definition) is 5. The first-order valence-corrected chi connectivity index (χ1v) is 6.83.